The predicted molar refractivity (Wildman–Crippen MR) is 141 cm³/mol. The van der Waals surface area contributed by atoms with E-state index in [1.54, 1.807) is 4.90 Å². The summed E-state index contributed by atoms with van der Waals surface area (Å²) >= 11 is 0. The van der Waals surface area contributed by atoms with Gasteiger partial charge in [0.15, 0.2) is 0 Å². The quantitative estimate of drug-likeness (QED) is 0.428. The lowest BCUT2D eigenvalue weighted by Crippen LogP contribution is -2.49. The average molecular weight is 520 g/mol. The minimum absolute atomic E-state index is 0.0604. The van der Waals surface area contributed by atoms with E-state index < -0.39 is 21.9 Å². The lowest BCUT2D eigenvalue weighted by Gasteiger charge is -2.31. The Morgan fingerprint density at radius 1 is 1.03 bits per heavy atom. The van der Waals surface area contributed by atoms with Gasteiger partial charge in [-0.2, -0.15) is 0 Å². The first-order chi connectivity index (χ1) is 16.9. The minimum atomic E-state index is -3.63. The van der Waals surface area contributed by atoms with Gasteiger partial charge in [0.25, 0.3) is 0 Å². The number of benzene rings is 2. The number of nitrogens with zero attached hydrogens (tertiary/aromatic N) is 2. The predicted octanol–water partition coefficient (Wildman–Crippen LogP) is 4.26. The monoisotopic (exact) mass is 519 g/mol. The van der Waals surface area contributed by atoms with E-state index in [9.17, 15) is 22.4 Å². The molecule has 0 bridgehead atoms. The van der Waals surface area contributed by atoms with Crippen LogP contribution in [0.3, 0.4) is 0 Å². The maximum atomic E-state index is 13.4. The van der Waals surface area contributed by atoms with Crippen LogP contribution in [0.1, 0.15) is 51.2 Å². The molecule has 2 aromatic carbocycles. The molecule has 2 rings (SSSR count). The van der Waals surface area contributed by atoms with Gasteiger partial charge >= 0.3 is 0 Å². The summed E-state index contributed by atoms with van der Waals surface area (Å²) < 4.78 is 39.2. The smallest absolute Gasteiger partial charge is 0.242 e. The van der Waals surface area contributed by atoms with E-state index in [-0.39, 0.29) is 43.7 Å². The SMILES string of the molecule is CCC(C(=O)NCC(C)C)N(Cc1ccc(C)cc1)C(=O)CCCN(c1ccc(F)cc1)S(C)(=O)=O. The zero-order valence-corrected chi connectivity index (χ0v) is 22.6. The third-order valence-corrected chi connectivity index (χ3v) is 7.00. The molecule has 0 saturated carbocycles. The molecule has 0 radical (unpaired) electrons. The number of hydrogen-bond donors (Lipinski definition) is 1. The Bertz CT molecular complexity index is 1100. The summed E-state index contributed by atoms with van der Waals surface area (Å²) in [5, 5.41) is 2.93. The van der Waals surface area contributed by atoms with Crippen molar-refractivity contribution in [1.29, 1.82) is 0 Å². The molecule has 1 N–H and O–H groups in total. The van der Waals surface area contributed by atoms with Crippen LogP contribution < -0.4 is 9.62 Å². The lowest BCUT2D eigenvalue weighted by molar-refractivity contribution is -0.141. The van der Waals surface area contributed by atoms with E-state index in [1.165, 1.54) is 24.3 Å². The van der Waals surface area contributed by atoms with Gasteiger partial charge in [0.05, 0.1) is 11.9 Å². The summed E-state index contributed by atoms with van der Waals surface area (Å²) in [5.74, 6) is -0.609. The van der Waals surface area contributed by atoms with E-state index in [4.69, 9.17) is 0 Å². The number of aryl methyl sites for hydroxylation is 1. The number of nitrogens with one attached hydrogen (secondary N) is 1. The van der Waals surface area contributed by atoms with Crippen molar-refractivity contribution in [2.24, 2.45) is 5.92 Å². The summed E-state index contributed by atoms with van der Waals surface area (Å²) in [6.45, 7) is 8.72. The van der Waals surface area contributed by atoms with Gasteiger partial charge in [0.1, 0.15) is 11.9 Å². The molecule has 7 nitrogen and oxygen atoms in total. The Morgan fingerprint density at radius 3 is 2.17 bits per heavy atom. The van der Waals surface area contributed by atoms with Crippen LogP contribution in [0.25, 0.3) is 0 Å². The Labute approximate surface area is 214 Å². The van der Waals surface area contributed by atoms with E-state index in [2.05, 4.69) is 5.32 Å². The molecule has 0 aromatic heterocycles. The van der Waals surface area contributed by atoms with Gasteiger partial charge in [-0.1, -0.05) is 50.6 Å². The molecule has 0 fully saturated rings. The first-order valence-electron chi connectivity index (χ1n) is 12.3. The molecule has 0 aliphatic rings. The molecular weight excluding hydrogens is 481 g/mol. The molecule has 9 heteroatoms. The minimum Gasteiger partial charge on any atom is -0.354 e. The second-order valence-corrected chi connectivity index (χ2v) is 11.4. The van der Waals surface area contributed by atoms with E-state index in [0.717, 1.165) is 21.7 Å². The summed E-state index contributed by atoms with van der Waals surface area (Å²) in [7, 11) is -3.63. The van der Waals surface area contributed by atoms with Crippen LogP contribution >= 0.6 is 0 Å². The van der Waals surface area contributed by atoms with Crippen LogP contribution in [0, 0.1) is 18.7 Å². The summed E-state index contributed by atoms with van der Waals surface area (Å²) in [5.41, 5.74) is 2.34. The largest absolute Gasteiger partial charge is 0.354 e. The zero-order valence-electron chi connectivity index (χ0n) is 21.8. The van der Waals surface area contributed by atoms with E-state index in [0.29, 0.717) is 18.7 Å². The van der Waals surface area contributed by atoms with Gasteiger partial charge in [-0.05, 0) is 55.5 Å². The highest BCUT2D eigenvalue weighted by Crippen LogP contribution is 2.20. The fraction of sp³-hybridized carbons (Fsp3) is 0.481. The highest BCUT2D eigenvalue weighted by Gasteiger charge is 2.29. The number of amides is 2. The summed E-state index contributed by atoms with van der Waals surface area (Å²) in [6.07, 6.45) is 1.84. The Balaban J connectivity index is 2.19. The molecule has 1 unspecified atom stereocenters. The number of anilines is 1. The van der Waals surface area contributed by atoms with Gasteiger partial charge in [-0.3, -0.25) is 13.9 Å². The van der Waals surface area contributed by atoms with E-state index in [1.807, 2.05) is 52.0 Å². The van der Waals surface area contributed by atoms with Gasteiger partial charge in [0, 0.05) is 26.1 Å². The van der Waals surface area contributed by atoms with E-state index >= 15 is 0 Å². The van der Waals surface area contributed by atoms with Gasteiger partial charge in [0.2, 0.25) is 21.8 Å². The molecule has 0 spiro atoms. The fourth-order valence-electron chi connectivity index (χ4n) is 3.84. The normalized spacial score (nSPS) is 12.3. The third kappa shape index (κ3) is 8.93. The Kier molecular flexibility index (Phi) is 10.9. The second-order valence-electron chi connectivity index (χ2n) is 9.49. The lowest BCUT2D eigenvalue weighted by atomic mass is 10.1. The van der Waals surface area contributed by atoms with Crippen molar-refractivity contribution in [3.05, 3.63) is 65.5 Å². The van der Waals surface area contributed by atoms with Crippen LogP contribution in [0.5, 0.6) is 0 Å². The fourth-order valence-corrected chi connectivity index (χ4v) is 4.81. The van der Waals surface area contributed by atoms with Crippen molar-refractivity contribution in [3.8, 4) is 0 Å². The maximum Gasteiger partial charge on any atom is 0.242 e. The zero-order chi connectivity index (χ0) is 26.9. The molecule has 198 valence electrons. The van der Waals surface area contributed by atoms with Crippen molar-refractivity contribution in [2.45, 2.75) is 59.5 Å². The van der Waals surface area contributed by atoms with Crippen LogP contribution in [0.2, 0.25) is 0 Å². The van der Waals surface area contributed by atoms with Gasteiger partial charge in [-0.25, -0.2) is 12.8 Å². The number of hydrogen-bond acceptors (Lipinski definition) is 4. The van der Waals surface area contributed by atoms with Crippen LogP contribution in [-0.2, 0) is 26.2 Å². The Hall–Kier alpha value is -2.94. The van der Waals surface area contributed by atoms with Crippen molar-refractivity contribution >= 4 is 27.5 Å². The standard InChI is InChI=1S/C27H38FN3O4S/c1-6-25(27(33)29-18-20(2)3)30(19-22-11-9-21(4)10-12-22)26(32)8-7-17-31(36(5,34)35)24-15-13-23(28)14-16-24/h9-16,20,25H,6-8,17-19H2,1-5H3,(H,29,33). The first-order valence-corrected chi connectivity index (χ1v) is 14.1. The van der Waals surface area contributed by atoms with Crippen LogP contribution in [0.4, 0.5) is 10.1 Å². The number of rotatable bonds is 13. The van der Waals surface area contributed by atoms with Crippen molar-refractivity contribution in [1.82, 2.24) is 10.2 Å². The number of sulfonamides is 1. The van der Waals surface area contributed by atoms with Crippen LogP contribution in [-0.4, -0.2) is 50.5 Å². The summed E-state index contributed by atoms with van der Waals surface area (Å²) in [4.78, 5) is 28.0. The molecule has 0 heterocycles. The molecule has 2 amide bonds. The highest BCUT2D eigenvalue weighted by atomic mass is 32.2. The highest BCUT2D eigenvalue weighted by molar-refractivity contribution is 7.92. The average Bonchev–Trinajstić information content (AvgIpc) is 2.81. The van der Waals surface area contributed by atoms with Crippen LogP contribution in [0.15, 0.2) is 48.5 Å². The molecule has 0 aliphatic carbocycles. The number of carbonyl (C=O) groups excluding carboxylic acids is 2. The molecule has 0 aliphatic heterocycles. The van der Waals surface area contributed by atoms with Gasteiger partial charge in [-0.15, -0.1) is 0 Å². The third-order valence-electron chi connectivity index (χ3n) is 5.81. The maximum absolute atomic E-state index is 13.4. The topological polar surface area (TPSA) is 86.8 Å². The van der Waals surface area contributed by atoms with Crippen molar-refractivity contribution in [3.63, 3.8) is 0 Å². The molecule has 36 heavy (non-hydrogen) atoms. The summed E-state index contributed by atoms with van der Waals surface area (Å²) in [6, 6.07) is 12.4. The van der Waals surface area contributed by atoms with Crippen molar-refractivity contribution in [2.75, 3.05) is 23.7 Å². The van der Waals surface area contributed by atoms with Gasteiger partial charge < -0.3 is 10.2 Å². The first kappa shape index (κ1) is 29.3. The second kappa shape index (κ2) is 13.4. The number of carbonyl (C=O) groups is 2. The molecule has 0 saturated heterocycles. The molecule has 1 atom stereocenters. The molecule has 2 aromatic rings. The molecular formula is C27H38FN3O4S. The van der Waals surface area contributed by atoms with Crippen molar-refractivity contribution < 1.29 is 22.4 Å². The Morgan fingerprint density at radius 2 is 1.64 bits per heavy atom. The number of halogens is 1.